The van der Waals surface area contributed by atoms with E-state index >= 15 is 0 Å². The van der Waals surface area contributed by atoms with Gasteiger partial charge in [0.05, 0.1) is 47.2 Å². The van der Waals surface area contributed by atoms with Gasteiger partial charge in [0, 0.05) is 17.7 Å². The van der Waals surface area contributed by atoms with Crippen molar-refractivity contribution in [2.75, 3.05) is 28.4 Å². The van der Waals surface area contributed by atoms with Crippen LogP contribution in [-0.2, 0) is 13.2 Å². The predicted octanol–water partition coefficient (Wildman–Crippen LogP) is 3.32. The van der Waals surface area contributed by atoms with Gasteiger partial charge in [-0.2, -0.15) is 0 Å². The van der Waals surface area contributed by atoms with Gasteiger partial charge in [0.2, 0.25) is 0 Å². The van der Waals surface area contributed by atoms with Crippen molar-refractivity contribution in [2.24, 2.45) is 0 Å². The fraction of sp³-hybridized carbons (Fsp3) is 0.222. The van der Waals surface area contributed by atoms with Gasteiger partial charge in [-0.05, 0) is 47.5 Å². The van der Waals surface area contributed by atoms with Crippen LogP contribution in [0, 0.1) is 11.8 Å². The fourth-order valence-corrected chi connectivity index (χ4v) is 3.32. The fourth-order valence-electron chi connectivity index (χ4n) is 3.32. The smallest absolute Gasteiger partial charge is 0.347 e. The maximum Gasteiger partial charge on any atom is 0.347 e. The van der Waals surface area contributed by atoms with E-state index in [0.29, 0.717) is 51.0 Å². The Kier molecular flexibility index (Phi) is 8.57. The highest BCUT2D eigenvalue weighted by molar-refractivity contribution is 5.95. The van der Waals surface area contributed by atoms with Crippen LogP contribution in [-0.4, -0.2) is 44.6 Å². The monoisotopic (exact) mass is 478 g/mol. The zero-order valence-corrected chi connectivity index (χ0v) is 19.9. The number of benzene rings is 3. The SMILES string of the molecule is COc1cc(CO)c(CO)cc1C#Cc1ccc(OC(=O)c2cc(OC)c(OC)cc2OC)cc1. The number of ether oxygens (including phenoxy) is 5. The number of carbonyl (C=O) groups excluding carboxylic acids is 1. The van der Waals surface area contributed by atoms with E-state index in [1.165, 1.54) is 34.5 Å². The number of carbonyl (C=O) groups is 1. The van der Waals surface area contributed by atoms with Crippen molar-refractivity contribution >= 4 is 5.97 Å². The number of esters is 1. The first-order chi connectivity index (χ1) is 17.0. The van der Waals surface area contributed by atoms with Crippen molar-refractivity contribution in [3.8, 4) is 40.6 Å². The molecule has 3 aromatic rings. The Labute approximate surface area is 203 Å². The number of hydrogen-bond donors (Lipinski definition) is 2. The normalized spacial score (nSPS) is 10.1. The van der Waals surface area contributed by atoms with Crippen LogP contribution < -0.4 is 23.7 Å². The van der Waals surface area contributed by atoms with Gasteiger partial charge in [-0.3, -0.25) is 0 Å². The van der Waals surface area contributed by atoms with Crippen LogP contribution in [0.2, 0.25) is 0 Å². The molecule has 8 heteroatoms. The second-order valence-electron chi connectivity index (χ2n) is 7.21. The number of methoxy groups -OCH3 is 4. The lowest BCUT2D eigenvalue weighted by atomic mass is 10.0. The Balaban J connectivity index is 1.81. The minimum Gasteiger partial charge on any atom is -0.496 e. The summed E-state index contributed by atoms with van der Waals surface area (Å²) >= 11 is 0. The third-order valence-electron chi connectivity index (χ3n) is 5.19. The van der Waals surface area contributed by atoms with Crippen LogP contribution in [0.1, 0.15) is 32.6 Å². The molecule has 0 unspecified atom stereocenters. The molecule has 0 fully saturated rings. The molecule has 0 saturated carbocycles. The molecule has 0 aliphatic carbocycles. The number of aliphatic hydroxyl groups is 2. The summed E-state index contributed by atoms with van der Waals surface area (Å²) in [6, 6.07) is 13.1. The second-order valence-corrected chi connectivity index (χ2v) is 7.21. The molecule has 3 rings (SSSR count). The summed E-state index contributed by atoms with van der Waals surface area (Å²) in [5.74, 6) is 7.32. The lowest BCUT2D eigenvalue weighted by molar-refractivity contribution is 0.0730. The third kappa shape index (κ3) is 5.84. The average Bonchev–Trinajstić information content (AvgIpc) is 2.91. The van der Waals surface area contributed by atoms with Gasteiger partial charge in [-0.1, -0.05) is 11.8 Å². The van der Waals surface area contributed by atoms with E-state index in [0.717, 1.165) is 0 Å². The summed E-state index contributed by atoms with van der Waals surface area (Å²) in [5, 5.41) is 19.0. The van der Waals surface area contributed by atoms with E-state index in [2.05, 4.69) is 11.8 Å². The second kappa shape index (κ2) is 11.8. The van der Waals surface area contributed by atoms with Crippen LogP contribution in [0.25, 0.3) is 0 Å². The Morgan fingerprint density at radius 1 is 0.714 bits per heavy atom. The molecular weight excluding hydrogens is 452 g/mol. The first-order valence-corrected chi connectivity index (χ1v) is 10.5. The van der Waals surface area contributed by atoms with Crippen LogP contribution in [0.15, 0.2) is 48.5 Å². The van der Waals surface area contributed by atoms with E-state index in [-0.39, 0.29) is 18.8 Å². The molecule has 2 N–H and O–H groups in total. The van der Waals surface area contributed by atoms with Gasteiger partial charge in [0.1, 0.15) is 22.8 Å². The van der Waals surface area contributed by atoms with Gasteiger partial charge in [-0.15, -0.1) is 0 Å². The molecule has 0 saturated heterocycles. The quantitative estimate of drug-likeness (QED) is 0.289. The molecule has 3 aromatic carbocycles. The molecule has 182 valence electrons. The minimum absolute atomic E-state index is 0.187. The molecule has 0 aliphatic rings. The Morgan fingerprint density at radius 2 is 1.29 bits per heavy atom. The van der Waals surface area contributed by atoms with Crippen molar-refractivity contribution in [2.45, 2.75) is 13.2 Å². The summed E-state index contributed by atoms with van der Waals surface area (Å²) in [5.41, 5.74) is 2.59. The van der Waals surface area contributed by atoms with Crippen LogP contribution in [0.3, 0.4) is 0 Å². The molecule has 0 spiro atoms. The van der Waals surface area contributed by atoms with Gasteiger partial charge >= 0.3 is 5.97 Å². The summed E-state index contributed by atoms with van der Waals surface area (Å²) in [6.07, 6.45) is 0. The zero-order chi connectivity index (χ0) is 25.4. The number of hydrogen-bond acceptors (Lipinski definition) is 8. The van der Waals surface area contributed by atoms with Gasteiger partial charge < -0.3 is 33.9 Å². The van der Waals surface area contributed by atoms with E-state index < -0.39 is 5.97 Å². The van der Waals surface area contributed by atoms with Gasteiger partial charge in [0.25, 0.3) is 0 Å². The molecule has 0 amide bonds. The molecule has 0 aliphatic heterocycles. The predicted molar refractivity (Wildman–Crippen MR) is 128 cm³/mol. The zero-order valence-electron chi connectivity index (χ0n) is 19.9. The average molecular weight is 478 g/mol. The molecule has 0 heterocycles. The Hall–Kier alpha value is -4.19. The van der Waals surface area contributed by atoms with Crippen molar-refractivity contribution in [1.29, 1.82) is 0 Å². The molecule has 35 heavy (non-hydrogen) atoms. The Bertz CT molecular complexity index is 1250. The van der Waals surface area contributed by atoms with Crippen molar-refractivity contribution in [1.82, 2.24) is 0 Å². The van der Waals surface area contributed by atoms with Crippen molar-refractivity contribution < 1.29 is 38.7 Å². The van der Waals surface area contributed by atoms with Crippen molar-refractivity contribution in [3.05, 3.63) is 76.3 Å². The number of aliphatic hydroxyl groups excluding tert-OH is 2. The van der Waals surface area contributed by atoms with E-state index in [4.69, 9.17) is 23.7 Å². The summed E-state index contributed by atoms with van der Waals surface area (Å²) < 4.78 is 26.6. The van der Waals surface area contributed by atoms with Gasteiger partial charge in [-0.25, -0.2) is 4.79 Å². The lowest BCUT2D eigenvalue weighted by Crippen LogP contribution is -2.11. The maximum atomic E-state index is 12.8. The van der Waals surface area contributed by atoms with Crippen LogP contribution in [0.4, 0.5) is 0 Å². The standard InChI is InChI=1S/C27H26O8/c1-31-23-12-20(16-29)19(15-28)11-18(23)8-5-17-6-9-21(10-7-17)35-27(30)22-13-25(33-3)26(34-4)14-24(22)32-2/h6-7,9-14,28-29H,15-16H2,1-4H3. The lowest BCUT2D eigenvalue weighted by Gasteiger charge is -2.13. The third-order valence-corrected chi connectivity index (χ3v) is 5.19. The summed E-state index contributed by atoms with van der Waals surface area (Å²) in [4.78, 5) is 12.8. The Morgan fingerprint density at radius 3 is 1.86 bits per heavy atom. The molecule has 0 bridgehead atoms. The molecular formula is C27H26O8. The highest BCUT2D eigenvalue weighted by Gasteiger charge is 2.19. The van der Waals surface area contributed by atoms with Crippen LogP contribution in [0.5, 0.6) is 28.7 Å². The molecule has 8 nitrogen and oxygen atoms in total. The highest BCUT2D eigenvalue weighted by Crippen LogP contribution is 2.35. The first-order valence-electron chi connectivity index (χ1n) is 10.5. The maximum absolute atomic E-state index is 12.8. The van der Waals surface area contributed by atoms with E-state index in [1.54, 1.807) is 42.5 Å². The molecule has 0 aromatic heterocycles. The summed E-state index contributed by atoms with van der Waals surface area (Å²) in [6.45, 7) is -0.436. The minimum atomic E-state index is -0.619. The summed E-state index contributed by atoms with van der Waals surface area (Å²) in [7, 11) is 5.92. The first kappa shape index (κ1) is 25.4. The van der Waals surface area contributed by atoms with Crippen molar-refractivity contribution in [3.63, 3.8) is 0 Å². The molecule has 0 radical (unpaired) electrons. The van der Waals surface area contributed by atoms with Crippen LogP contribution >= 0.6 is 0 Å². The number of rotatable bonds is 8. The largest absolute Gasteiger partial charge is 0.496 e. The topological polar surface area (TPSA) is 104 Å². The van der Waals surface area contributed by atoms with E-state index in [9.17, 15) is 15.0 Å². The molecule has 0 atom stereocenters. The van der Waals surface area contributed by atoms with Gasteiger partial charge in [0.15, 0.2) is 11.5 Å². The van der Waals surface area contributed by atoms with E-state index in [1.807, 2.05) is 0 Å². The highest BCUT2D eigenvalue weighted by atomic mass is 16.5.